The summed E-state index contributed by atoms with van der Waals surface area (Å²) in [6.45, 7) is 13.6. The number of carbonyl (C=O) groups is 1. The maximum absolute atomic E-state index is 11.2. The number of nitrogens with two attached hydrogens (primary N) is 1. The van der Waals surface area contributed by atoms with Gasteiger partial charge in [0.2, 0.25) is 5.91 Å². The lowest BCUT2D eigenvalue weighted by Gasteiger charge is -2.60. The van der Waals surface area contributed by atoms with Gasteiger partial charge in [0.05, 0.1) is 6.10 Å². The van der Waals surface area contributed by atoms with Crippen LogP contribution in [0.1, 0.15) is 66.2 Å². The lowest BCUT2D eigenvalue weighted by atomic mass is 9.46. The summed E-state index contributed by atoms with van der Waals surface area (Å²) >= 11 is 0. The zero-order chi connectivity index (χ0) is 18.5. The van der Waals surface area contributed by atoms with Gasteiger partial charge in [-0.2, -0.15) is 0 Å². The molecule has 5 unspecified atom stereocenters. The average molecular weight is 346 g/mol. The van der Waals surface area contributed by atoms with Crippen LogP contribution >= 0.6 is 0 Å². The van der Waals surface area contributed by atoms with E-state index in [1.165, 1.54) is 19.3 Å². The van der Waals surface area contributed by atoms with E-state index in [4.69, 9.17) is 10.5 Å². The Kier molecular flexibility index (Phi) is 4.68. The zero-order valence-corrected chi connectivity index (χ0v) is 16.4. The summed E-state index contributed by atoms with van der Waals surface area (Å²) in [5.74, 6) is 0.936. The van der Waals surface area contributed by atoms with Crippen LogP contribution in [-0.4, -0.2) is 18.6 Å². The van der Waals surface area contributed by atoms with Gasteiger partial charge in [0.25, 0.3) is 0 Å². The topological polar surface area (TPSA) is 52.3 Å². The Labute approximate surface area is 153 Å². The molecule has 2 saturated carbocycles. The number of ether oxygens (including phenoxy) is 1. The lowest BCUT2D eigenvalue weighted by Crippen LogP contribution is -2.55. The monoisotopic (exact) mass is 345 g/mol. The number of primary amides is 1. The maximum Gasteiger partial charge on any atom is 0.243 e. The van der Waals surface area contributed by atoms with Crippen molar-refractivity contribution in [3.05, 3.63) is 24.3 Å². The van der Waals surface area contributed by atoms with Crippen molar-refractivity contribution in [1.29, 1.82) is 0 Å². The fourth-order valence-corrected chi connectivity index (χ4v) is 6.30. The fraction of sp³-hybridized carbons (Fsp3) is 0.773. The molecule has 3 rings (SSSR count). The molecule has 0 spiro atoms. The molecule has 3 heteroatoms. The highest BCUT2D eigenvalue weighted by Gasteiger charge is 2.56. The minimum Gasteiger partial charge on any atom is -0.368 e. The molecule has 3 nitrogen and oxygen atoms in total. The third-order valence-corrected chi connectivity index (χ3v) is 7.75. The van der Waals surface area contributed by atoms with Gasteiger partial charge in [0.1, 0.15) is 6.61 Å². The van der Waals surface area contributed by atoms with Crippen molar-refractivity contribution < 1.29 is 9.53 Å². The Morgan fingerprint density at radius 2 is 2.04 bits per heavy atom. The molecule has 0 aromatic carbocycles. The van der Waals surface area contributed by atoms with Crippen molar-refractivity contribution in [2.24, 2.45) is 33.8 Å². The van der Waals surface area contributed by atoms with E-state index in [0.717, 1.165) is 19.3 Å². The predicted octanol–water partition coefficient (Wildman–Crippen LogP) is 4.62. The highest BCUT2D eigenvalue weighted by Crippen LogP contribution is 2.64. The van der Waals surface area contributed by atoms with Gasteiger partial charge in [-0.25, -0.2) is 0 Å². The summed E-state index contributed by atoms with van der Waals surface area (Å²) in [4.78, 5) is 11.2. The summed E-state index contributed by atoms with van der Waals surface area (Å²) in [5.41, 5.74) is 7.59. The maximum atomic E-state index is 11.2. The van der Waals surface area contributed by atoms with Crippen LogP contribution in [0.25, 0.3) is 0 Å². The molecule has 1 amide bonds. The molecule has 0 aromatic heterocycles. The Balaban J connectivity index is 1.86. The second-order valence-electron chi connectivity index (χ2n) is 9.80. The van der Waals surface area contributed by atoms with E-state index in [9.17, 15) is 4.79 Å². The van der Waals surface area contributed by atoms with Crippen LogP contribution in [0, 0.1) is 28.1 Å². The Hall–Kier alpha value is -1.09. The fourth-order valence-electron chi connectivity index (χ4n) is 6.30. The smallest absolute Gasteiger partial charge is 0.243 e. The average Bonchev–Trinajstić information content (AvgIpc) is 2.53. The summed E-state index contributed by atoms with van der Waals surface area (Å²) in [7, 11) is 0. The van der Waals surface area contributed by atoms with E-state index < -0.39 is 0 Å². The molecule has 5 atom stereocenters. The molecule has 3 aliphatic carbocycles. The van der Waals surface area contributed by atoms with Crippen molar-refractivity contribution in [2.45, 2.75) is 72.3 Å². The lowest BCUT2D eigenvalue weighted by molar-refractivity contribution is -0.145. The second-order valence-corrected chi connectivity index (χ2v) is 9.80. The van der Waals surface area contributed by atoms with Crippen LogP contribution in [0.2, 0.25) is 0 Å². The molecular weight excluding hydrogens is 310 g/mol. The predicted molar refractivity (Wildman–Crippen MR) is 102 cm³/mol. The van der Waals surface area contributed by atoms with Gasteiger partial charge >= 0.3 is 0 Å². The van der Waals surface area contributed by atoms with E-state index in [1.807, 2.05) is 0 Å². The summed E-state index contributed by atoms with van der Waals surface area (Å²) in [5, 5.41) is 0. The Bertz CT molecular complexity index is 593. The first-order valence-electron chi connectivity index (χ1n) is 9.86. The number of allylic oxidation sites excluding steroid dienone is 3. The van der Waals surface area contributed by atoms with Gasteiger partial charge in [0, 0.05) is 0 Å². The van der Waals surface area contributed by atoms with Crippen LogP contribution in [0.3, 0.4) is 0 Å². The number of fused-ring (bicyclic) bond motifs is 3. The first-order chi connectivity index (χ1) is 11.6. The minimum atomic E-state index is -0.369. The minimum absolute atomic E-state index is 0.0422. The summed E-state index contributed by atoms with van der Waals surface area (Å²) in [6, 6.07) is 0. The molecule has 0 aromatic rings. The molecule has 2 N–H and O–H groups in total. The number of carbonyl (C=O) groups excluding carboxylic acids is 1. The largest absolute Gasteiger partial charge is 0.368 e. The highest BCUT2D eigenvalue weighted by atomic mass is 16.5. The third-order valence-electron chi connectivity index (χ3n) is 7.75. The molecule has 0 bridgehead atoms. The van der Waals surface area contributed by atoms with Gasteiger partial charge in [-0.05, 0) is 66.6 Å². The van der Waals surface area contributed by atoms with Crippen molar-refractivity contribution in [3.8, 4) is 0 Å². The number of hydrogen-bond donors (Lipinski definition) is 1. The van der Waals surface area contributed by atoms with Gasteiger partial charge in [-0.1, -0.05) is 45.4 Å². The first kappa shape index (κ1) is 18.7. The van der Waals surface area contributed by atoms with Crippen molar-refractivity contribution in [3.63, 3.8) is 0 Å². The Morgan fingerprint density at radius 1 is 1.32 bits per heavy atom. The molecule has 2 fully saturated rings. The van der Waals surface area contributed by atoms with Gasteiger partial charge in [-0.15, -0.1) is 6.58 Å². The SMILES string of the molecule is C=CC1(C)CC=C2C(CCC3C2(C)CCC(OCC(N)=O)C3(C)C)C1. The number of rotatable bonds is 4. The van der Waals surface area contributed by atoms with Gasteiger partial charge in [0.15, 0.2) is 0 Å². The highest BCUT2D eigenvalue weighted by molar-refractivity contribution is 5.75. The zero-order valence-electron chi connectivity index (χ0n) is 16.4. The van der Waals surface area contributed by atoms with Crippen LogP contribution in [-0.2, 0) is 9.53 Å². The molecule has 0 saturated heterocycles. The number of hydrogen-bond acceptors (Lipinski definition) is 2. The molecular formula is C22H35NO2. The standard InChI is InChI=1S/C22H35NO2/c1-6-21(4)11-9-16-15(13-21)7-8-17-20(2,3)18(25-14-19(23)24)10-12-22(16,17)5/h6,9,15,17-18H,1,7-8,10-14H2,2-5H3,(H2,23,24). The van der Waals surface area contributed by atoms with Crippen LogP contribution in [0.5, 0.6) is 0 Å². The quantitative estimate of drug-likeness (QED) is 0.756. The molecule has 0 heterocycles. The van der Waals surface area contributed by atoms with Gasteiger partial charge in [-0.3, -0.25) is 4.79 Å². The van der Waals surface area contributed by atoms with Crippen LogP contribution in [0.15, 0.2) is 24.3 Å². The Morgan fingerprint density at radius 3 is 2.68 bits per heavy atom. The number of amides is 1. The normalized spacial score (nSPS) is 42.7. The molecule has 140 valence electrons. The van der Waals surface area contributed by atoms with Crippen LogP contribution in [0.4, 0.5) is 0 Å². The third kappa shape index (κ3) is 3.09. The molecule has 25 heavy (non-hydrogen) atoms. The van der Waals surface area contributed by atoms with E-state index in [1.54, 1.807) is 5.57 Å². The van der Waals surface area contributed by atoms with E-state index in [0.29, 0.717) is 11.8 Å². The van der Waals surface area contributed by atoms with Crippen molar-refractivity contribution >= 4 is 5.91 Å². The van der Waals surface area contributed by atoms with E-state index in [2.05, 4.69) is 46.4 Å². The van der Waals surface area contributed by atoms with Gasteiger partial charge < -0.3 is 10.5 Å². The molecule has 3 aliphatic rings. The second kappa shape index (κ2) is 6.26. The van der Waals surface area contributed by atoms with Crippen LogP contribution < -0.4 is 5.73 Å². The molecule has 0 radical (unpaired) electrons. The van der Waals surface area contributed by atoms with E-state index >= 15 is 0 Å². The molecule has 0 aliphatic heterocycles. The van der Waals surface area contributed by atoms with Crippen molar-refractivity contribution in [1.82, 2.24) is 0 Å². The van der Waals surface area contributed by atoms with E-state index in [-0.39, 0.29) is 34.9 Å². The summed E-state index contributed by atoms with van der Waals surface area (Å²) in [6.07, 6.45) is 11.9. The van der Waals surface area contributed by atoms with Crippen molar-refractivity contribution in [2.75, 3.05) is 6.61 Å². The summed E-state index contributed by atoms with van der Waals surface area (Å²) < 4.78 is 5.93. The first-order valence-corrected chi connectivity index (χ1v) is 9.86.